The number of amides is 1. The Labute approximate surface area is 141 Å². The average molecular weight is 332 g/mol. The molecule has 6 nitrogen and oxygen atoms in total. The van der Waals surface area contributed by atoms with E-state index in [1.54, 1.807) is 18.2 Å². The topological polar surface area (TPSA) is 78.9 Å². The van der Waals surface area contributed by atoms with E-state index in [-0.39, 0.29) is 11.7 Å². The van der Waals surface area contributed by atoms with Crippen LogP contribution in [0.5, 0.6) is 11.5 Å². The number of ether oxygens (including phenoxy) is 2. The highest BCUT2D eigenvalue weighted by atomic mass is 16.5. The number of nitrogens with zero attached hydrogens (tertiary/aromatic N) is 1. The highest BCUT2D eigenvalue weighted by Crippen LogP contribution is 2.30. The van der Waals surface area contributed by atoms with Crippen LogP contribution in [0.2, 0.25) is 0 Å². The van der Waals surface area contributed by atoms with Crippen molar-refractivity contribution in [2.24, 2.45) is 5.92 Å². The summed E-state index contributed by atoms with van der Waals surface area (Å²) in [5, 5.41) is 10.8. The molecule has 6 heteroatoms. The van der Waals surface area contributed by atoms with Gasteiger partial charge in [0.2, 0.25) is 0 Å². The molecule has 0 aromatic heterocycles. The van der Waals surface area contributed by atoms with Crippen LogP contribution in [0.25, 0.3) is 0 Å². The van der Waals surface area contributed by atoms with Crippen LogP contribution < -0.4 is 14.6 Å². The first-order valence-electron chi connectivity index (χ1n) is 7.86. The molecule has 0 unspecified atom stereocenters. The van der Waals surface area contributed by atoms with Crippen LogP contribution in [-0.2, 0) is 0 Å². The molecule has 0 aliphatic carbocycles. The zero-order valence-corrected chi connectivity index (χ0v) is 14.0. The van der Waals surface area contributed by atoms with Crippen LogP contribution in [-0.4, -0.2) is 44.1 Å². The van der Waals surface area contributed by atoms with Gasteiger partial charge in [0.25, 0.3) is 0 Å². The summed E-state index contributed by atoms with van der Waals surface area (Å²) < 4.78 is 10.4. The van der Waals surface area contributed by atoms with Gasteiger partial charge in [-0.15, -0.1) is 0 Å². The van der Waals surface area contributed by atoms with Crippen molar-refractivity contribution in [2.45, 2.75) is 19.3 Å². The number of likely N-dealkylation sites (tertiary alicyclic amines) is 1. The number of ketones is 1. The molecule has 1 aromatic carbocycles. The Hall–Kier alpha value is -2.50. The molecule has 0 saturated carbocycles. The van der Waals surface area contributed by atoms with E-state index in [1.807, 2.05) is 0 Å². The fourth-order valence-corrected chi connectivity index (χ4v) is 2.94. The highest BCUT2D eigenvalue weighted by molar-refractivity contribution is 6.08. The number of rotatable bonds is 6. The standard InChI is InChI=1S/C18H23NO5/c1-12(10-13-6-8-19(9-7-13)18(21)22)17(20)14-4-5-15(23-2)16(11-14)24-3/h4-5,11,13H,1,6-10H2,2-3H3,(H,21,22)/p-1. The highest BCUT2D eigenvalue weighted by Gasteiger charge is 2.22. The van der Waals surface area contributed by atoms with Gasteiger partial charge in [0.05, 0.1) is 14.2 Å². The minimum absolute atomic E-state index is 0.127. The van der Waals surface area contributed by atoms with Crippen molar-refractivity contribution >= 4 is 11.9 Å². The fourth-order valence-electron chi connectivity index (χ4n) is 2.94. The lowest BCUT2D eigenvalue weighted by atomic mass is 9.88. The second-order valence-corrected chi connectivity index (χ2v) is 5.90. The van der Waals surface area contributed by atoms with Crippen molar-refractivity contribution in [1.29, 1.82) is 0 Å². The molecule has 0 atom stereocenters. The van der Waals surface area contributed by atoms with Crippen LogP contribution in [0.4, 0.5) is 4.79 Å². The van der Waals surface area contributed by atoms with Gasteiger partial charge in [-0.1, -0.05) is 6.58 Å². The lowest BCUT2D eigenvalue weighted by Gasteiger charge is -2.33. The monoisotopic (exact) mass is 332 g/mol. The normalized spacial score (nSPS) is 15.0. The molecular formula is C18H22NO5-. The van der Waals surface area contributed by atoms with E-state index in [4.69, 9.17) is 9.47 Å². The smallest absolute Gasteiger partial charge is 0.188 e. The molecule has 2 rings (SSSR count). The fraction of sp³-hybridized carbons (Fsp3) is 0.444. The Morgan fingerprint density at radius 2 is 1.83 bits per heavy atom. The summed E-state index contributed by atoms with van der Waals surface area (Å²) in [6.45, 7) is 4.81. The third kappa shape index (κ3) is 4.07. The van der Waals surface area contributed by atoms with Crippen molar-refractivity contribution in [3.63, 3.8) is 0 Å². The number of carboxylic acid groups (broad SMARTS) is 1. The zero-order chi connectivity index (χ0) is 17.7. The summed E-state index contributed by atoms with van der Waals surface area (Å²) in [4.78, 5) is 24.7. The Bertz CT molecular complexity index is 632. The number of carbonyl (C=O) groups excluding carboxylic acids is 2. The first-order chi connectivity index (χ1) is 11.5. The van der Waals surface area contributed by atoms with Crippen molar-refractivity contribution in [2.75, 3.05) is 27.3 Å². The molecular weight excluding hydrogens is 310 g/mol. The van der Waals surface area contributed by atoms with Crippen LogP contribution in [0.15, 0.2) is 30.4 Å². The van der Waals surface area contributed by atoms with E-state index in [1.165, 1.54) is 19.1 Å². The van der Waals surface area contributed by atoms with E-state index in [2.05, 4.69) is 6.58 Å². The lowest BCUT2D eigenvalue weighted by Crippen LogP contribution is -2.45. The molecule has 1 aliphatic rings. The number of carbonyl (C=O) groups is 2. The van der Waals surface area contributed by atoms with E-state index in [0.29, 0.717) is 55.0 Å². The van der Waals surface area contributed by atoms with Gasteiger partial charge in [0, 0.05) is 18.7 Å². The Kier molecular flexibility index (Phi) is 5.84. The summed E-state index contributed by atoms with van der Waals surface area (Å²) in [5.41, 5.74) is 1.03. The molecule has 1 amide bonds. The zero-order valence-electron chi connectivity index (χ0n) is 14.0. The van der Waals surface area contributed by atoms with Crippen LogP contribution >= 0.6 is 0 Å². The van der Waals surface area contributed by atoms with Gasteiger partial charge in [-0.05, 0) is 49.0 Å². The molecule has 0 bridgehead atoms. The second kappa shape index (κ2) is 7.86. The van der Waals surface area contributed by atoms with Gasteiger partial charge in [0.1, 0.15) is 6.09 Å². The summed E-state index contributed by atoms with van der Waals surface area (Å²) in [7, 11) is 3.06. The van der Waals surface area contributed by atoms with Gasteiger partial charge < -0.3 is 24.3 Å². The number of benzene rings is 1. The molecule has 1 heterocycles. The Balaban J connectivity index is 1.98. The first-order valence-corrected chi connectivity index (χ1v) is 7.86. The second-order valence-electron chi connectivity index (χ2n) is 5.90. The van der Waals surface area contributed by atoms with E-state index >= 15 is 0 Å². The van der Waals surface area contributed by atoms with Crippen molar-refractivity contribution < 1.29 is 24.2 Å². The van der Waals surface area contributed by atoms with Crippen molar-refractivity contribution in [1.82, 2.24) is 4.90 Å². The van der Waals surface area contributed by atoms with Crippen LogP contribution in [0, 0.1) is 5.92 Å². The molecule has 0 spiro atoms. The van der Waals surface area contributed by atoms with Gasteiger partial charge >= 0.3 is 0 Å². The summed E-state index contributed by atoms with van der Waals surface area (Å²) in [6.07, 6.45) is 0.862. The number of hydrogen-bond acceptors (Lipinski definition) is 5. The Morgan fingerprint density at radius 1 is 1.21 bits per heavy atom. The SMILES string of the molecule is C=C(CC1CCN(C(=O)[O-])CC1)C(=O)c1ccc(OC)c(OC)c1. The van der Waals surface area contributed by atoms with Crippen molar-refractivity contribution in [3.8, 4) is 11.5 Å². The summed E-state index contributed by atoms with van der Waals surface area (Å²) in [6, 6.07) is 5.02. The van der Waals surface area contributed by atoms with Gasteiger partial charge in [-0.3, -0.25) is 4.79 Å². The maximum atomic E-state index is 12.5. The average Bonchev–Trinajstić information content (AvgIpc) is 2.60. The third-order valence-corrected chi connectivity index (χ3v) is 4.37. The third-order valence-electron chi connectivity index (χ3n) is 4.37. The van der Waals surface area contributed by atoms with Crippen LogP contribution in [0.3, 0.4) is 0 Å². The first kappa shape index (κ1) is 17.8. The summed E-state index contributed by atoms with van der Waals surface area (Å²) >= 11 is 0. The molecule has 1 fully saturated rings. The Morgan fingerprint density at radius 3 is 2.38 bits per heavy atom. The number of hydrogen-bond donors (Lipinski definition) is 0. The maximum absolute atomic E-state index is 12.5. The number of Topliss-reactive ketones (excluding diaryl/α,β-unsaturated/α-hetero) is 1. The van der Waals surface area contributed by atoms with Gasteiger partial charge in [-0.2, -0.15) is 0 Å². The van der Waals surface area contributed by atoms with Gasteiger partial charge in [0.15, 0.2) is 17.3 Å². The number of methoxy groups -OCH3 is 2. The van der Waals surface area contributed by atoms with Crippen LogP contribution in [0.1, 0.15) is 29.6 Å². The molecule has 130 valence electrons. The maximum Gasteiger partial charge on any atom is 0.188 e. The summed E-state index contributed by atoms with van der Waals surface area (Å²) in [5.74, 6) is 1.20. The molecule has 1 aliphatic heterocycles. The molecule has 24 heavy (non-hydrogen) atoms. The quantitative estimate of drug-likeness (QED) is 0.587. The predicted molar refractivity (Wildman–Crippen MR) is 87.3 cm³/mol. The minimum atomic E-state index is -1.13. The largest absolute Gasteiger partial charge is 0.530 e. The number of piperidine rings is 1. The minimum Gasteiger partial charge on any atom is -0.530 e. The van der Waals surface area contributed by atoms with Crippen molar-refractivity contribution in [3.05, 3.63) is 35.9 Å². The van der Waals surface area contributed by atoms with E-state index in [0.717, 1.165) is 0 Å². The molecule has 0 N–H and O–H groups in total. The number of allylic oxidation sites excluding steroid dienone is 1. The molecule has 1 aromatic rings. The van der Waals surface area contributed by atoms with Gasteiger partial charge in [-0.25, -0.2) is 0 Å². The molecule has 1 saturated heterocycles. The van der Waals surface area contributed by atoms with E-state index < -0.39 is 6.09 Å². The van der Waals surface area contributed by atoms with E-state index in [9.17, 15) is 14.7 Å². The lowest BCUT2D eigenvalue weighted by molar-refractivity contribution is -0.266. The predicted octanol–water partition coefficient (Wildman–Crippen LogP) is 1.89. The molecule has 0 radical (unpaired) electrons.